The van der Waals surface area contributed by atoms with Gasteiger partial charge in [0, 0.05) is 35.6 Å². The molecule has 18 heavy (non-hydrogen) atoms. The zero-order valence-corrected chi connectivity index (χ0v) is 10.2. The molecule has 0 radical (unpaired) electrons. The maximum absolute atomic E-state index is 13.1. The maximum atomic E-state index is 13.1. The number of aryl methyl sites for hydroxylation is 1. The number of aromatic nitrogens is 2. The lowest BCUT2D eigenvalue weighted by Crippen LogP contribution is -2.08. The van der Waals surface area contributed by atoms with Crippen molar-refractivity contribution in [1.82, 2.24) is 15.3 Å². The van der Waals surface area contributed by atoms with Crippen molar-refractivity contribution in [1.29, 1.82) is 0 Å². The Labute approximate surface area is 104 Å². The van der Waals surface area contributed by atoms with Crippen LogP contribution in [0.15, 0.2) is 24.4 Å². The van der Waals surface area contributed by atoms with Crippen molar-refractivity contribution in [2.24, 2.45) is 0 Å². The highest BCUT2D eigenvalue weighted by Crippen LogP contribution is 2.19. The highest BCUT2D eigenvalue weighted by Gasteiger charge is 2.08. The van der Waals surface area contributed by atoms with Crippen molar-refractivity contribution < 1.29 is 8.78 Å². The van der Waals surface area contributed by atoms with Gasteiger partial charge in [0.25, 0.3) is 0 Å². The molecule has 0 bridgehead atoms. The van der Waals surface area contributed by atoms with Gasteiger partial charge in [-0.25, -0.2) is 18.7 Å². The SMILES string of the molecule is CNCc1cnc(-c2cc(F)cc(F)c2)nc1C. The molecule has 0 saturated carbocycles. The third-order valence-electron chi connectivity index (χ3n) is 2.57. The van der Waals surface area contributed by atoms with E-state index in [0.29, 0.717) is 17.9 Å². The molecule has 0 aliphatic carbocycles. The summed E-state index contributed by atoms with van der Waals surface area (Å²) in [6, 6.07) is 3.26. The molecule has 5 heteroatoms. The van der Waals surface area contributed by atoms with Gasteiger partial charge in [0.05, 0.1) is 0 Å². The molecule has 2 aromatic rings. The van der Waals surface area contributed by atoms with Crippen LogP contribution in [0.1, 0.15) is 11.3 Å². The Bertz CT molecular complexity index is 550. The summed E-state index contributed by atoms with van der Waals surface area (Å²) in [5.41, 5.74) is 2.09. The Morgan fingerprint density at radius 3 is 2.39 bits per heavy atom. The molecule has 1 aromatic carbocycles. The summed E-state index contributed by atoms with van der Waals surface area (Å²) in [5, 5.41) is 3.00. The van der Waals surface area contributed by atoms with Crippen molar-refractivity contribution in [3.8, 4) is 11.4 Å². The van der Waals surface area contributed by atoms with Crippen LogP contribution in [-0.4, -0.2) is 17.0 Å². The van der Waals surface area contributed by atoms with Crippen LogP contribution < -0.4 is 5.32 Å². The van der Waals surface area contributed by atoms with Crippen molar-refractivity contribution in [3.05, 3.63) is 47.3 Å². The van der Waals surface area contributed by atoms with E-state index in [9.17, 15) is 8.78 Å². The van der Waals surface area contributed by atoms with Gasteiger partial charge in [0.15, 0.2) is 5.82 Å². The first-order valence-electron chi connectivity index (χ1n) is 5.53. The lowest BCUT2D eigenvalue weighted by Gasteiger charge is -2.06. The molecule has 1 heterocycles. The molecule has 0 amide bonds. The topological polar surface area (TPSA) is 37.8 Å². The van der Waals surface area contributed by atoms with Gasteiger partial charge in [-0.1, -0.05) is 0 Å². The summed E-state index contributed by atoms with van der Waals surface area (Å²) < 4.78 is 26.2. The number of benzene rings is 1. The molecule has 0 spiro atoms. The summed E-state index contributed by atoms with van der Waals surface area (Å²) in [4.78, 5) is 8.39. The van der Waals surface area contributed by atoms with Crippen LogP contribution in [-0.2, 0) is 6.54 Å². The van der Waals surface area contributed by atoms with Gasteiger partial charge >= 0.3 is 0 Å². The number of halogens is 2. The third kappa shape index (κ3) is 2.68. The molecule has 1 aromatic heterocycles. The van der Waals surface area contributed by atoms with E-state index >= 15 is 0 Å². The predicted molar refractivity (Wildman–Crippen MR) is 64.9 cm³/mol. The quantitative estimate of drug-likeness (QED) is 0.908. The second-order valence-electron chi connectivity index (χ2n) is 3.99. The standard InChI is InChI=1S/C13H13F2N3/c1-8-10(6-16-2)7-17-13(18-8)9-3-11(14)5-12(15)4-9/h3-5,7,16H,6H2,1-2H3. The van der Waals surface area contributed by atoms with Gasteiger partial charge in [-0.15, -0.1) is 0 Å². The lowest BCUT2D eigenvalue weighted by atomic mass is 10.1. The minimum atomic E-state index is -0.634. The Morgan fingerprint density at radius 1 is 1.17 bits per heavy atom. The molecule has 94 valence electrons. The molecule has 0 saturated heterocycles. The predicted octanol–water partition coefficient (Wildman–Crippen LogP) is 2.45. The Hall–Kier alpha value is -1.88. The van der Waals surface area contributed by atoms with E-state index in [-0.39, 0.29) is 0 Å². The second-order valence-corrected chi connectivity index (χ2v) is 3.99. The first kappa shape index (κ1) is 12.6. The monoisotopic (exact) mass is 249 g/mol. The van der Waals surface area contributed by atoms with Crippen molar-refractivity contribution in [2.45, 2.75) is 13.5 Å². The molecule has 1 N–H and O–H groups in total. The van der Waals surface area contributed by atoms with E-state index in [4.69, 9.17) is 0 Å². The fourth-order valence-corrected chi connectivity index (χ4v) is 1.68. The van der Waals surface area contributed by atoms with E-state index in [1.54, 1.807) is 6.20 Å². The first-order valence-corrected chi connectivity index (χ1v) is 5.53. The smallest absolute Gasteiger partial charge is 0.159 e. The van der Waals surface area contributed by atoms with Gasteiger partial charge < -0.3 is 5.32 Å². The van der Waals surface area contributed by atoms with Crippen LogP contribution in [0, 0.1) is 18.6 Å². The number of hydrogen-bond donors (Lipinski definition) is 1. The molecule has 2 rings (SSSR count). The molecule has 0 atom stereocenters. The molecule has 0 aliphatic heterocycles. The summed E-state index contributed by atoms with van der Waals surface area (Å²) >= 11 is 0. The summed E-state index contributed by atoms with van der Waals surface area (Å²) in [6.45, 7) is 2.50. The van der Waals surface area contributed by atoms with Crippen LogP contribution in [0.4, 0.5) is 8.78 Å². The average Bonchev–Trinajstić information content (AvgIpc) is 2.30. The number of nitrogens with one attached hydrogen (secondary N) is 1. The lowest BCUT2D eigenvalue weighted by molar-refractivity contribution is 0.584. The average molecular weight is 249 g/mol. The molecule has 0 aliphatic rings. The molecular weight excluding hydrogens is 236 g/mol. The fourth-order valence-electron chi connectivity index (χ4n) is 1.68. The van der Waals surface area contributed by atoms with Gasteiger partial charge in [-0.3, -0.25) is 0 Å². The van der Waals surface area contributed by atoms with Crippen LogP contribution >= 0.6 is 0 Å². The van der Waals surface area contributed by atoms with Gasteiger partial charge in [-0.2, -0.15) is 0 Å². The fraction of sp³-hybridized carbons (Fsp3) is 0.231. The minimum absolute atomic E-state index is 0.325. The summed E-state index contributed by atoms with van der Waals surface area (Å²) in [6.07, 6.45) is 1.66. The first-order chi connectivity index (χ1) is 8.60. The normalized spacial score (nSPS) is 10.7. The van der Waals surface area contributed by atoms with Crippen LogP contribution in [0.2, 0.25) is 0 Å². The molecule has 0 fully saturated rings. The maximum Gasteiger partial charge on any atom is 0.159 e. The minimum Gasteiger partial charge on any atom is -0.316 e. The van der Waals surface area contributed by atoms with E-state index in [1.165, 1.54) is 12.1 Å². The van der Waals surface area contributed by atoms with Crippen molar-refractivity contribution in [3.63, 3.8) is 0 Å². The summed E-state index contributed by atoms with van der Waals surface area (Å²) in [7, 11) is 1.83. The van der Waals surface area contributed by atoms with Crippen LogP contribution in [0.3, 0.4) is 0 Å². The Balaban J connectivity index is 2.42. The summed E-state index contributed by atoms with van der Waals surface area (Å²) in [5.74, 6) is -0.943. The number of rotatable bonds is 3. The highest BCUT2D eigenvalue weighted by molar-refractivity contribution is 5.55. The van der Waals surface area contributed by atoms with E-state index in [1.807, 2.05) is 14.0 Å². The zero-order valence-electron chi connectivity index (χ0n) is 10.2. The van der Waals surface area contributed by atoms with E-state index < -0.39 is 11.6 Å². The molecular formula is C13H13F2N3. The zero-order chi connectivity index (χ0) is 13.1. The van der Waals surface area contributed by atoms with Gasteiger partial charge in [0.2, 0.25) is 0 Å². The largest absolute Gasteiger partial charge is 0.316 e. The number of nitrogens with zero attached hydrogens (tertiary/aromatic N) is 2. The third-order valence-corrected chi connectivity index (χ3v) is 2.57. The van der Waals surface area contributed by atoms with E-state index in [2.05, 4.69) is 15.3 Å². The molecule has 3 nitrogen and oxygen atoms in total. The van der Waals surface area contributed by atoms with Crippen molar-refractivity contribution in [2.75, 3.05) is 7.05 Å². The van der Waals surface area contributed by atoms with E-state index in [0.717, 1.165) is 17.3 Å². The van der Waals surface area contributed by atoms with Gasteiger partial charge in [0.1, 0.15) is 11.6 Å². The van der Waals surface area contributed by atoms with Gasteiger partial charge in [-0.05, 0) is 26.1 Å². The Morgan fingerprint density at radius 2 is 1.83 bits per heavy atom. The Kier molecular flexibility index (Phi) is 3.62. The second kappa shape index (κ2) is 5.18. The van der Waals surface area contributed by atoms with Crippen molar-refractivity contribution >= 4 is 0 Å². The number of hydrogen-bond acceptors (Lipinski definition) is 3. The molecule has 0 unspecified atom stereocenters. The van der Waals surface area contributed by atoms with Crippen LogP contribution in [0.25, 0.3) is 11.4 Å². The van der Waals surface area contributed by atoms with Crippen LogP contribution in [0.5, 0.6) is 0 Å². The highest BCUT2D eigenvalue weighted by atomic mass is 19.1.